The minimum atomic E-state index is 0. The van der Waals surface area contributed by atoms with Crippen molar-refractivity contribution in [2.24, 2.45) is 0 Å². The zero-order chi connectivity index (χ0) is 15.7. The molecule has 3 heteroatoms. The molecule has 1 aromatic rings. The molecule has 0 radical (unpaired) electrons. The van der Waals surface area contributed by atoms with Crippen LogP contribution in [0, 0.1) is 0 Å². The Morgan fingerprint density at radius 1 is 0.864 bits per heavy atom. The van der Waals surface area contributed by atoms with Gasteiger partial charge in [0.05, 0.1) is 21.1 Å². The minimum absolute atomic E-state index is 0. The van der Waals surface area contributed by atoms with Crippen LogP contribution in [0.3, 0.4) is 0 Å². The molecular weight excluding hydrogens is 294 g/mol. The van der Waals surface area contributed by atoms with Gasteiger partial charge in [-0.1, -0.05) is 57.6 Å². The number of phenols is 1. The number of nitrogens with zero attached hydrogens (tertiary/aromatic N) is 1. The largest absolute Gasteiger partial charge is 1.00 e. The molecule has 0 aliphatic carbocycles. The monoisotopic (exact) mass is 327 g/mol. The second-order valence-corrected chi connectivity index (χ2v) is 7.24. The van der Waals surface area contributed by atoms with Crippen molar-refractivity contribution in [1.82, 2.24) is 0 Å². The van der Waals surface area contributed by atoms with Crippen molar-refractivity contribution in [3.05, 3.63) is 29.3 Å². The van der Waals surface area contributed by atoms with Crippen molar-refractivity contribution >= 4 is 0 Å². The number of para-hydroxylation sites is 1. The van der Waals surface area contributed by atoms with E-state index in [4.69, 9.17) is 0 Å². The zero-order valence-corrected chi connectivity index (χ0v) is 15.6. The number of rotatable bonds is 10. The van der Waals surface area contributed by atoms with Crippen molar-refractivity contribution in [2.45, 2.75) is 64.8 Å². The van der Waals surface area contributed by atoms with E-state index < -0.39 is 0 Å². The van der Waals surface area contributed by atoms with E-state index in [1.165, 1.54) is 44.9 Å². The highest BCUT2D eigenvalue weighted by Crippen LogP contribution is 2.26. The number of phenolic OH excluding ortho intramolecular Hbond substituents is 1. The Morgan fingerprint density at radius 2 is 1.41 bits per heavy atom. The van der Waals surface area contributed by atoms with Crippen molar-refractivity contribution in [1.29, 1.82) is 0 Å². The normalized spacial score (nSPS) is 11.3. The Balaban J connectivity index is 0.00000441. The molecule has 22 heavy (non-hydrogen) atoms. The van der Waals surface area contributed by atoms with Gasteiger partial charge in [0, 0.05) is 5.56 Å². The fourth-order valence-electron chi connectivity index (χ4n) is 2.76. The number of hydrogen-bond donors (Lipinski definition) is 1. The Kier molecular flexibility index (Phi) is 10.5. The first-order valence-corrected chi connectivity index (χ1v) is 8.54. The van der Waals surface area contributed by atoms with Gasteiger partial charge in [0.1, 0.15) is 12.3 Å². The van der Waals surface area contributed by atoms with Crippen LogP contribution in [0.2, 0.25) is 0 Å². The van der Waals surface area contributed by atoms with Crippen molar-refractivity contribution in [2.75, 3.05) is 21.1 Å². The van der Waals surface area contributed by atoms with Gasteiger partial charge in [-0.25, -0.2) is 0 Å². The molecule has 128 valence electrons. The number of unbranched alkanes of at least 4 members (excludes halogenated alkanes) is 6. The average Bonchev–Trinajstić information content (AvgIpc) is 2.40. The summed E-state index contributed by atoms with van der Waals surface area (Å²) in [7, 11) is 6.47. The maximum absolute atomic E-state index is 10.4. The molecule has 0 saturated heterocycles. The van der Waals surface area contributed by atoms with Crippen LogP contribution in [-0.2, 0) is 13.0 Å². The summed E-state index contributed by atoms with van der Waals surface area (Å²) in [6.07, 6.45) is 10.2. The number of benzene rings is 1. The van der Waals surface area contributed by atoms with Crippen LogP contribution in [0.1, 0.15) is 63.0 Å². The first-order chi connectivity index (χ1) is 9.94. The van der Waals surface area contributed by atoms with Gasteiger partial charge in [0.15, 0.2) is 0 Å². The van der Waals surface area contributed by atoms with E-state index in [9.17, 15) is 5.11 Å². The lowest BCUT2D eigenvalue weighted by Crippen LogP contribution is -3.00. The molecule has 0 heterocycles. The first-order valence-electron chi connectivity index (χ1n) is 8.54. The molecule has 1 rings (SSSR count). The third-order valence-electron chi connectivity index (χ3n) is 3.90. The van der Waals surface area contributed by atoms with Crippen molar-refractivity contribution in [3.8, 4) is 5.75 Å². The van der Waals surface area contributed by atoms with Crippen LogP contribution in [0.15, 0.2) is 18.2 Å². The molecule has 0 aliphatic heterocycles. The molecular formula is C19H34ClNO. The van der Waals surface area contributed by atoms with Crippen molar-refractivity contribution in [3.63, 3.8) is 0 Å². The van der Waals surface area contributed by atoms with E-state index in [-0.39, 0.29) is 12.4 Å². The van der Waals surface area contributed by atoms with E-state index in [0.717, 1.165) is 28.6 Å². The van der Waals surface area contributed by atoms with E-state index in [1.54, 1.807) is 0 Å². The molecule has 0 unspecified atom stereocenters. The molecule has 0 aromatic heterocycles. The second-order valence-electron chi connectivity index (χ2n) is 7.24. The molecule has 0 bridgehead atoms. The zero-order valence-electron chi connectivity index (χ0n) is 14.9. The third-order valence-corrected chi connectivity index (χ3v) is 3.90. The smallest absolute Gasteiger partial charge is 0.127 e. The third kappa shape index (κ3) is 8.65. The Morgan fingerprint density at radius 3 is 2.00 bits per heavy atom. The number of quaternary nitrogens is 1. The molecule has 0 fully saturated rings. The van der Waals surface area contributed by atoms with Crippen LogP contribution in [0.5, 0.6) is 5.75 Å². The summed E-state index contributed by atoms with van der Waals surface area (Å²) in [5, 5.41) is 10.4. The summed E-state index contributed by atoms with van der Waals surface area (Å²) in [4.78, 5) is 0. The van der Waals surface area contributed by atoms with E-state index in [2.05, 4.69) is 40.2 Å². The summed E-state index contributed by atoms with van der Waals surface area (Å²) in [6, 6.07) is 6.21. The molecule has 2 nitrogen and oxygen atoms in total. The number of hydrogen-bond acceptors (Lipinski definition) is 1. The lowest BCUT2D eigenvalue weighted by Gasteiger charge is -2.24. The maximum Gasteiger partial charge on any atom is 0.127 e. The summed E-state index contributed by atoms with van der Waals surface area (Å²) >= 11 is 0. The average molecular weight is 328 g/mol. The number of aryl methyl sites for hydroxylation is 1. The van der Waals surface area contributed by atoms with E-state index in [0.29, 0.717) is 5.75 Å². The van der Waals surface area contributed by atoms with Crippen LogP contribution in [0.25, 0.3) is 0 Å². The Hall–Kier alpha value is -0.730. The fraction of sp³-hybridized carbons (Fsp3) is 0.684. The van der Waals surface area contributed by atoms with Gasteiger partial charge in [-0.3, -0.25) is 0 Å². The molecule has 0 saturated carbocycles. The van der Waals surface area contributed by atoms with Gasteiger partial charge in [0.2, 0.25) is 0 Å². The van der Waals surface area contributed by atoms with Crippen LogP contribution in [-0.4, -0.2) is 30.7 Å². The van der Waals surface area contributed by atoms with E-state index >= 15 is 0 Å². The molecule has 0 amide bonds. The van der Waals surface area contributed by atoms with Gasteiger partial charge in [0.25, 0.3) is 0 Å². The summed E-state index contributed by atoms with van der Waals surface area (Å²) in [6.45, 7) is 3.13. The fourth-order valence-corrected chi connectivity index (χ4v) is 2.76. The standard InChI is InChI=1S/C19H33NO.ClH/c1-5-6-7-8-9-10-11-13-17-14-12-15-18(19(17)21)16-20(2,3)4;/h12,14-15H,5-11,13,16H2,1-4H3;1H. The highest BCUT2D eigenvalue weighted by molar-refractivity contribution is 5.40. The van der Waals surface area contributed by atoms with Crippen LogP contribution in [0.4, 0.5) is 0 Å². The first kappa shape index (κ1) is 21.3. The molecule has 0 atom stereocenters. The number of halogens is 1. The van der Waals surface area contributed by atoms with Crippen molar-refractivity contribution < 1.29 is 22.0 Å². The highest BCUT2D eigenvalue weighted by atomic mass is 35.5. The van der Waals surface area contributed by atoms with Gasteiger partial charge < -0.3 is 22.0 Å². The van der Waals surface area contributed by atoms with Gasteiger partial charge in [-0.15, -0.1) is 0 Å². The highest BCUT2D eigenvalue weighted by Gasteiger charge is 2.14. The molecule has 1 aromatic carbocycles. The number of aromatic hydroxyl groups is 1. The molecule has 0 spiro atoms. The quantitative estimate of drug-likeness (QED) is 0.514. The lowest BCUT2D eigenvalue weighted by molar-refractivity contribution is -0.884. The summed E-state index contributed by atoms with van der Waals surface area (Å²) in [5.41, 5.74) is 2.19. The van der Waals surface area contributed by atoms with Crippen LogP contribution >= 0.6 is 0 Å². The SMILES string of the molecule is CCCCCCCCCc1cccc(C[N+](C)(C)C)c1O.[Cl-]. The minimum Gasteiger partial charge on any atom is -1.00 e. The molecule has 1 N–H and O–H groups in total. The van der Waals surface area contributed by atoms with Crippen LogP contribution < -0.4 is 12.4 Å². The summed E-state index contributed by atoms with van der Waals surface area (Å²) < 4.78 is 0.842. The topological polar surface area (TPSA) is 20.2 Å². The predicted molar refractivity (Wildman–Crippen MR) is 91.5 cm³/mol. The Labute approximate surface area is 143 Å². The summed E-state index contributed by atoms with van der Waals surface area (Å²) in [5.74, 6) is 0.525. The predicted octanol–water partition coefficient (Wildman–Crippen LogP) is 1.90. The second kappa shape index (κ2) is 10.9. The van der Waals surface area contributed by atoms with E-state index in [1.807, 2.05) is 6.07 Å². The lowest BCUT2D eigenvalue weighted by atomic mass is 10.0. The van der Waals surface area contributed by atoms with Gasteiger partial charge in [-0.05, 0) is 24.5 Å². The van der Waals surface area contributed by atoms with Gasteiger partial charge in [-0.2, -0.15) is 0 Å². The maximum atomic E-state index is 10.4. The molecule has 0 aliphatic rings. The Bertz CT molecular complexity index is 412. The van der Waals surface area contributed by atoms with Gasteiger partial charge >= 0.3 is 0 Å².